The SMILES string of the molecule is CC(=O)Nc1cc(N[C@@H](C)C(=O)Nc2ccccc2[N+](=O)[O-])ccc1F. The fourth-order valence-corrected chi connectivity index (χ4v) is 2.20. The van der Waals surface area contributed by atoms with Crippen LogP contribution in [0.5, 0.6) is 0 Å². The van der Waals surface area contributed by atoms with E-state index in [1.54, 1.807) is 13.0 Å². The Morgan fingerprint density at radius 1 is 1.12 bits per heavy atom. The monoisotopic (exact) mass is 360 g/mol. The number of carbonyl (C=O) groups excluding carboxylic acids is 2. The molecule has 0 fully saturated rings. The van der Waals surface area contributed by atoms with Gasteiger partial charge in [-0.1, -0.05) is 12.1 Å². The number of nitrogens with zero attached hydrogens (tertiary/aromatic N) is 1. The molecular formula is C17H17FN4O4. The largest absolute Gasteiger partial charge is 0.374 e. The summed E-state index contributed by atoms with van der Waals surface area (Å²) in [5.74, 6) is -1.55. The summed E-state index contributed by atoms with van der Waals surface area (Å²) in [5.41, 5.74) is 0.242. The van der Waals surface area contributed by atoms with E-state index in [2.05, 4.69) is 16.0 Å². The fraction of sp³-hybridized carbons (Fsp3) is 0.176. The lowest BCUT2D eigenvalue weighted by Gasteiger charge is -2.16. The van der Waals surface area contributed by atoms with E-state index in [4.69, 9.17) is 0 Å². The van der Waals surface area contributed by atoms with E-state index >= 15 is 0 Å². The van der Waals surface area contributed by atoms with E-state index in [0.717, 1.165) is 6.07 Å². The maximum Gasteiger partial charge on any atom is 0.292 e. The van der Waals surface area contributed by atoms with Crippen LogP contribution >= 0.6 is 0 Å². The van der Waals surface area contributed by atoms with Gasteiger partial charge in [0.2, 0.25) is 11.8 Å². The van der Waals surface area contributed by atoms with Gasteiger partial charge in [-0.2, -0.15) is 0 Å². The summed E-state index contributed by atoms with van der Waals surface area (Å²) in [6.45, 7) is 2.80. The second-order valence-electron chi connectivity index (χ2n) is 5.51. The Kier molecular flexibility index (Phi) is 5.84. The van der Waals surface area contributed by atoms with E-state index in [-0.39, 0.29) is 17.1 Å². The highest BCUT2D eigenvalue weighted by atomic mass is 19.1. The van der Waals surface area contributed by atoms with Crippen molar-refractivity contribution in [2.75, 3.05) is 16.0 Å². The van der Waals surface area contributed by atoms with Crippen molar-refractivity contribution in [3.63, 3.8) is 0 Å². The Hall–Kier alpha value is -3.49. The highest BCUT2D eigenvalue weighted by Gasteiger charge is 2.19. The molecule has 0 saturated heterocycles. The maximum atomic E-state index is 13.6. The van der Waals surface area contributed by atoms with Crippen LogP contribution < -0.4 is 16.0 Å². The van der Waals surface area contributed by atoms with Gasteiger partial charge < -0.3 is 16.0 Å². The van der Waals surface area contributed by atoms with E-state index in [1.165, 1.54) is 37.3 Å². The Bertz CT molecular complexity index is 856. The molecular weight excluding hydrogens is 343 g/mol. The van der Waals surface area contributed by atoms with Crippen LogP contribution in [-0.2, 0) is 9.59 Å². The molecule has 8 nitrogen and oxygen atoms in total. The van der Waals surface area contributed by atoms with Crippen molar-refractivity contribution >= 4 is 34.6 Å². The van der Waals surface area contributed by atoms with Crippen molar-refractivity contribution in [3.05, 3.63) is 58.4 Å². The minimum Gasteiger partial charge on any atom is -0.374 e. The lowest BCUT2D eigenvalue weighted by Crippen LogP contribution is -2.32. The van der Waals surface area contributed by atoms with E-state index in [9.17, 15) is 24.1 Å². The van der Waals surface area contributed by atoms with Crippen LogP contribution in [0.2, 0.25) is 0 Å². The molecule has 136 valence electrons. The molecule has 1 atom stereocenters. The fourth-order valence-electron chi connectivity index (χ4n) is 2.20. The van der Waals surface area contributed by atoms with E-state index < -0.39 is 28.6 Å². The number of anilines is 3. The van der Waals surface area contributed by atoms with E-state index in [1.807, 2.05) is 0 Å². The number of carbonyl (C=O) groups is 2. The molecule has 2 aromatic carbocycles. The number of halogens is 1. The lowest BCUT2D eigenvalue weighted by atomic mass is 10.2. The molecule has 0 heterocycles. The number of rotatable bonds is 6. The van der Waals surface area contributed by atoms with Crippen LogP contribution in [-0.4, -0.2) is 22.8 Å². The highest BCUT2D eigenvalue weighted by Crippen LogP contribution is 2.24. The Labute approximate surface area is 148 Å². The third kappa shape index (κ3) is 4.76. The number of hydrogen-bond donors (Lipinski definition) is 3. The van der Waals surface area contributed by atoms with Gasteiger partial charge in [-0.05, 0) is 31.2 Å². The average Bonchev–Trinajstić information content (AvgIpc) is 2.57. The Morgan fingerprint density at radius 2 is 1.81 bits per heavy atom. The number of nitrogens with one attached hydrogen (secondary N) is 3. The summed E-state index contributed by atoms with van der Waals surface area (Å²) < 4.78 is 13.6. The third-order valence-corrected chi connectivity index (χ3v) is 3.41. The van der Waals surface area contributed by atoms with Crippen molar-refractivity contribution in [3.8, 4) is 0 Å². The van der Waals surface area contributed by atoms with Gasteiger partial charge in [-0.3, -0.25) is 19.7 Å². The van der Waals surface area contributed by atoms with Gasteiger partial charge in [0.1, 0.15) is 17.5 Å². The van der Waals surface area contributed by atoms with Gasteiger partial charge in [0.05, 0.1) is 10.6 Å². The molecule has 2 rings (SSSR count). The summed E-state index contributed by atoms with van der Waals surface area (Å²) in [7, 11) is 0. The van der Waals surface area contributed by atoms with Gasteiger partial charge in [0.25, 0.3) is 5.69 Å². The Balaban J connectivity index is 2.10. The molecule has 0 aliphatic heterocycles. The quantitative estimate of drug-likeness (QED) is 0.541. The van der Waals surface area contributed by atoms with Crippen molar-refractivity contribution in [2.24, 2.45) is 0 Å². The highest BCUT2D eigenvalue weighted by molar-refractivity contribution is 5.98. The average molecular weight is 360 g/mol. The zero-order valence-corrected chi connectivity index (χ0v) is 14.1. The van der Waals surface area contributed by atoms with Gasteiger partial charge in [0.15, 0.2) is 0 Å². The van der Waals surface area contributed by atoms with Gasteiger partial charge >= 0.3 is 0 Å². The predicted octanol–water partition coefficient (Wildman–Crippen LogP) is 3.13. The molecule has 0 bridgehead atoms. The molecule has 2 amide bonds. The van der Waals surface area contributed by atoms with Gasteiger partial charge in [0, 0.05) is 18.7 Å². The van der Waals surface area contributed by atoms with Gasteiger partial charge in [-0.25, -0.2) is 4.39 Å². The van der Waals surface area contributed by atoms with Crippen LogP contribution in [0.4, 0.5) is 27.1 Å². The van der Waals surface area contributed by atoms with Crippen LogP contribution in [0, 0.1) is 15.9 Å². The molecule has 9 heteroatoms. The molecule has 0 saturated carbocycles. The summed E-state index contributed by atoms with van der Waals surface area (Å²) >= 11 is 0. The summed E-state index contributed by atoms with van der Waals surface area (Å²) in [6.07, 6.45) is 0. The summed E-state index contributed by atoms with van der Waals surface area (Å²) in [5, 5.41) is 18.7. The molecule has 2 aromatic rings. The molecule has 0 unspecified atom stereocenters. The first-order valence-corrected chi connectivity index (χ1v) is 7.66. The molecule has 0 spiro atoms. The normalized spacial score (nSPS) is 11.3. The predicted molar refractivity (Wildman–Crippen MR) is 95.5 cm³/mol. The second-order valence-corrected chi connectivity index (χ2v) is 5.51. The lowest BCUT2D eigenvalue weighted by molar-refractivity contribution is -0.383. The molecule has 0 radical (unpaired) electrons. The first-order chi connectivity index (χ1) is 12.3. The van der Waals surface area contributed by atoms with Crippen molar-refractivity contribution in [2.45, 2.75) is 19.9 Å². The summed E-state index contributed by atoms with van der Waals surface area (Å²) in [6, 6.07) is 8.92. The standard InChI is InChI=1S/C17H17FN4O4/c1-10(17(24)21-14-5-3-4-6-16(14)22(25)26)19-12-7-8-13(18)15(9-12)20-11(2)23/h3-10,19H,1-2H3,(H,20,23)(H,21,24)/t10-/m0/s1. The summed E-state index contributed by atoms with van der Waals surface area (Å²) in [4.78, 5) is 33.8. The molecule has 0 aromatic heterocycles. The number of benzene rings is 2. The number of amides is 2. The van der Waals surface area contributed by atoms with Crippen molar-refractivity contribution in [1.82, 2.24) is 0 Å². The first-order valence-electron chi connectivity index (χ1n) is 7.66. The zero-order chi connectivity index (χ0) is 19.3. The van der Waals surface area contributed by atoms with E-state index in [0.29, 0.717) is 5.69 Å². The topological polar surface area (TPSA) is 113 Å². The van der Waals surface area contributed by atoms with Crippen LogP contribution in [0.3, 0.4) is 0 Å². The number of nitro benzene ring substituents is 1. The molecule has 3 N–H and O–H groups in total. The maximum absolute atomic E-state index is 13.6. The van der Waals surface area contributed by atoms with Crippen LogP contribution in [0.1, 0.15) is 13.8 Å². The second kappa shape index (κ2) is 8.06. The number of nitro groups is 1. The third-order valence-electron chi connectivity index (χ3n) is 3.41. The molecule has 0 aliphatic carbocycles. The molecule has 0 aliphatic rings. The van der Waals surface area contributed by atoms with Crippen molar-refractivity contribution in [1.29, 1.82) is 0 Å². The Morgan fingerprint density at radius 3 is 2.46 bits per heavy atom. The first kappa shape index (κ1) is 18.8. The molecule has 26 heavy (non-hydrogen) atoms. The van der Waals surface area contributed by atoms with Crippen molar-refractivity contribution < 1.29 is 18.9 Å². The van der Waals surface area contributed by atoms with Crippen LogP contribution in [0.25, 0.3) is 0 Å². The smallest absolute Gasteiger partial charge is 0.292 e. The minimum atomic E-state index is -0.773. The minimum absolute atomic E-state index is 0.0196. The zero-order valence-electron chi connectivity index (χ0n) is 14.1. The van der Waals surface area contributed by atoms with Gasteiger partial charge in [-0.15, -0.1) is 0 Å². The van der Waals surface area contributed by atoms with Crippen LogP contribution in [0.15, 0.2) is 42.5 Å². The number of para-hydroxylation sites is 2. The number of hydrogen-bond acceptors (Lipinski definition) is 5.